The number of hydrogen-bond acceptors (Lipinski definition) is 9. The van der Waals surface area contributed by atoms with Crippen LogP contribution in [-0.2, 0) is 19.1 Å². The number of ether oxygens (including phenoxy) is 2. The number of nitrogens with one attached hydrogen (secondary N) is 4. The van der Waals surface area contributed by atoms with Gasteiger partial charge < -0.3 is 30.7 Å². The standard InChI is InChI=1S/C14H16N2O4.C7H14N2O2/c1-20-14(19)12-6-11(7-15-12)16-13(18)10-4-2-9(8-17)3-5-10;1-8-5-3-6(9-4-5)7(10)11-2/h2-5,8,11-12,15H,6-7H2,1H3,(H,16,18);5-6,8-9H,3-4H2,1-2H3. The average Bonchev–Trinajstić information content (AvgIpc) is 3.48. The molecule has 3 rings (SSSR count). The van der Waals surface area contributed by atoms with Crippen LogP contribution in [0.4, 0.5) is 0 Å². The molecule has 2 heterocycles. The zero-order valence-electron chi connectivity index (χ0n) is 18.0. The van der Waals surface area contributed by atoms with Gasteiger partial charge in [0, 0.05) is 36.3 Å². The predicted octanol–water partition coefficient (Wildman–Crippen LogP) is -0.758. The number of carbonyl (C=O) groups is 4. The molecule has 4 unspecified atom stereocenters. The van der Waals surface area contributed by atoms with E-state index in [2.05, 4.69) is 30.7 Å². The van der Waals surface area contributed by atoms with E-state index in [0.29, 0.717) is 30.1 Å². The Hall–Kier alpha value is -2.82. The Kier molecular flexibility index (Phi) is 9.57. The first-order valence-electron chi connectivity index (χ1n) is 10.1. The lowest BCUT2D eigenvalue weighted by molar-refractivity contribution is -0.143. The van der Waals surface area contributed by atoms with Gasteiger partial charge in [-0.05, 0) is 32.0 Å². The molecule has 0 aromatic heterocycles. The number of esters is 2. The SMILES string of the molecule is CNC1CNC(C(=O)OC)C1.COC(=O)C1CC(NC(=O)c2ccc(C=O)cc2)CN1. The average molecular weight is 434 g/mol. The van der Waals surface area contributed by atoms with E-state index in [1.54, 1.807) is 24.3 Å². The van der Waals surface area contributed by atoms with Gasteiger partial charge in [-0.3, -0.25) is 19.2 Å². The molecule has 4 N–H and O–H groups in total. The van der Waals surface area contributed by atoms with Gasteiger partial charge >= 0.3 is 11.9 Å². The van der Waals surface area contributed by atoms with Crippen molar-refractivity contribution < 1.29 is 28.7 Å². The van der Waals surface area contributed by atoms with Gasteiger partial charge in [-0.25, -0.2) is 0 Å². The zero-order chi connectivity index (χ0) is 22.8. The van der Waals surface area contributed by atoms with Crippen LogP contribution < -0.4 is 21.3 Å². The maximum atomic E-state index is 12.0. The largest absolute Gasteiger partial charge is 0.468 e. The molecule has 1 amide bonds. The molecule has 1 aromatic carbocycles. The highest BCUT2D eigenvalue weighted by molar-refractivity contribution is 5.95. The molecule has 2 saturated heterocycles. The van der Waals surface area contributed by atoms with Crippen molar-refractivity contribution in [2.45, 2.75) is 37.0 Å². The topological polar surface area (TPSA) is 135 Å². The van der Waals surface area contributed by atoms with Gasteiger partial charge in [-0.1, -0.05) is 12.1 Å². The lowest BCUT2D eigenvalue weighted by Crippen LogP contribution is -2.36. The minimum atomic E-state index is -0.372. The monoisotopic (exact) mass is 434 g/mol. The minimum absolute atomic E-state index is 0.113. The summed E-state index contributed by atoms with van der Waals surface area (Å²) in [6.07, 6.45) is 2.05. The number of methoxy groups -OCH3 is 2. The summed E-state index contributed by atoms with van der Waals surface area (Å²) in [5.74, 6) is -0.709. The Morgan fingerprint density at radius 3 is 1.90 bits per heavy atom. The fourth-order valence-electron chi connectivity index (χ4n) is 3.43. The van der Waals surface area contributed by atoms with Crippen LogP contribution in [0, 0.1) is 0 Å². The van der Waals surface area contributed by atoms with Crippen LogP contribution in [0.2, 0.25) is 0 Å². The first-order valence-corrected chi connectivity index (χ1v) is 10.1. The Bertz CT molecular complexity index is 770. The fourth-order valence-corrected chi connectivity index (χ4v) is 3.43. The molecule has 10 heteroatoms. The van der Waals surface area contributed by atoms with E-state index < -0.39 is 0 Å². The third-order valence-electron chi connectivity index (χ3n) is 5.29. The van der Waals surface area contributed by atoms with Crippen molar-refractivity contribution in [3.05, 3.63) is 35.4 Å². The molecule has 10 nitrogen and oxygen atoms in total. The van der Waals surface area contributed by atoms with Gasteiger partial charge in [0.25, 0.3) is 5.91 Å². The van der Waals surface area contributed by atoms with E-state index in [-0.39, 0.29) is 36.0 Å². The van der Waals surface area contributed by atoms with Crippen LogP contribution in [0.5, 0.6) is 0 Å². The second-order valence-electron chi connectivity index (χ2n) is 7.34. The van der Waals surface area contributed by atoms with Crippen LogP contribution in [0.3, 0.4) is 0 Å². The molecule has 2 fully saturated rings. The molecule has 170 valence electrons. The second kappa shape index (κ2) is 12.1. The van der Waals surface area contributed by atoms with Crippen molar-refractivity contribution in [2.24, 2.45) is 0 Å². The smallest absolute Gasteiger partial charge is 0.322 e. The Labute approximate surface area is 181 Å². The molecule has 0 radical (unpaired) electrons. The molecular formula is C21H30N4O6. The van der Waals surface area contributed by atoms with E-state index in [1.165, 1.54) is 14.2 Å². The Morgan fingerprint density at radius 1 is 0.935 bits per heavy atom. The Morgan fingerprint density at radius 2 is 1.45 bits per heavy atom. The van der Waals surface area contributed by atoms with Crippen molar-refractivity contribution >= 4 is 24.1 Å². The van der Waals surface area contributed by atoms with Gasteiger partial charge in [-0.2, -0.15) is 0 Å². The maximum Gasteiger partial charge on any atom is 0.322 e. The highest BCUT2D eigenvalue weighted by atomic mass is 16.5. The van der Waals surface area contributed by atoms with Crippen LogP contribution in [0.1, 0.15) is 33.6 Å². The summed E-state index contributed by atoms with van der Waals surface area (Å²) in [6.45, 7) is 1.37. The Balaban J connectivity index is 0.000000262. The van der Waals surface area contributed by atoms with Gasteiger partial charge in [0.05, 0.1) is 14.2 Å². The highest BCUT2D eigenvalue weighted by Crippen LogP contribution is 2.10. The summed E-state index contributed by atoms with van der Waals surface area (Å²) in [4.78, 5) is 44.9. The highest BCUT2D eigenvalue weighted by Gasteiger charge is 2.31. The second-order valence-corrected chi connectivity index (χ2v) is 7.34. The predicted molar refractivity (Wildman–Crippen MR) is 113 cm³/mol. The summed E-state index contributed by atoms with van der Waals surface area (Å²) in [6, 6.07) is 6.17. The molecule has 0 aliphatic carbocycles. The fraction of sp³-hybridized carbons (Fsp3) is 0.524. The number of likely N-dealkylation sites (N-methyl/N-ethyl adjacent to an activating group) is 1. The summed E-state index contributed by atoms with van der Waals surface area (Å²) < 4.78 is 9.25. The first kappa shape index (κ1) is 24.4. The van der Waals surface area contributed by atoms with Crippen LogP contribution in [-0.4, -0.2) is 82.7 Å². The normalized spacial score (nSPS) is 24.5. The third-order valence-corrected chi connectivity index (χ3v) is 5.29. The number of carbonyl (C=O) groups excluding carboxylic acids is 4. The molecule has 0 saturated carbocycles. The molecule has 1 aromatic rings. The lowest BCUT2D eigenvalue weighted by atomic mass is 10.1. The van der Waals surface area contributed by atoms with E-state index in [9.17, 15) is 19.2 Å². The van der Waals surface area contributed by atoms with Gasteiger partial charge in [0.2, 0.25) is 0 Å². The van der Waals surface area contributed by atoms with Crippen molar-refractivity contribution in [3.8, 4) is 0 Å². The summed E-state index contributed by atoms with van der Waals surface area (Å²) in [5, 5.41) is 12.0. The molecule has 31 heavy (non-hydrogen) atoms. The van der Waals surface area contributed by atoms with E-state index in [4.69, 9.17) is 0 Å². The molecule has 2 aliphatic heterocycles. The van der Waals surface area contributed by atoms with E-state index in [1.807, 2.05) is 7.05 Å². The van der Waals surface area contributed by atoms with Gasteiger partial charge in [0.15, 0.2) is 0 Å². The van der Waals surface area contributed by atoms with Gasteiger partial charge in [0.1, 0.15) is 18.4 Å². The maximum absolute atomic E-state index is 12.0. The third kappa shape index (κ3) is 7.12. The summed E-state index contributed by atoms with van der Waals surface area (Å²) in [7, 11) is 4.65. The number of hydrogen-bond donors (Lipinski definition) is 4. The molecule has 4 atom stereocenters. The van der Waals surface area contributed by atoms with Crippen molar-refractivity contribution in [1.82, 2.24) is 21.3 Å². The number of aldehydes is 1. The van der Waals surface area contributed by atoms with E-state index in [0.717, 1.165) is 19.3 Å². The molecule has 0 bridgehead atoms. The van der Waals surface area contributed by atoms with Crippen LogP contribution in [0.15, 0.2) is 24.3 Å². The van der Waals surface area contributed by atoms with Crippen LogP contribution in [0.25, 0.3) is 0 Å². The molecule has 0 spiro atoms. The number of rotatable bonds is 6. The van der Waals surface area contributed by atoms with Crippen molar-refractivity contribution in [2.75, 3.05) is 34.4 Å². The molecular weight excluding hydrogens is 404 g/mol. The molecule has 2 aliphatic rings. The van der Waals surface area contributed by atoms with Gasteiger partial charge in [-0.15, -0.1) is 0 Å². The van der Waals surface area contributed by atoms with Crippen molar-refractivity contribution in [3.63, 3.8) is 0 Å². The quantitative estimate of drug-likeness (QED) is 0.337. The summed E-state index contributed by atoms with van der Waals surface area (Å²) in [5.41, 5.74) is 1.01. The first-order chi connectivity index (χ1) is 14.9. The van der Waals surface area contributed by atoms with Crippen molar-refractivity contribution in [1.29, 1.82) is 0 Å². The number of amides is 1. The van der Waals surface area contributed by atoms with E-state index >= 15 is 0 Å². The zero-order valence-corrected chi connectivity index (χ0v) is 18.0. The van der Waals surface area contributed by atoms with Crippen LogP contribution >= 0.6 is 0 Å². The summed E-state index contributed by atoms with van der Waals surface area (Å²) >= 11 is 0. The minimum Gasteiger partial charge on any atom is -0.468 e. The lowest BCUT2D eigenvalue weighted by Gasteiger charge is -2.11. The number of benzene rings is 1.